The molecule has 0 bridgehead atoms. The second-order valence-corrected chi connectivity index (χ2v) is 8.00. The van der Waals surface area contributed by atoms with Crippen LogP contribution >= 0.6 is 22.9 Å². The Morgan fingerprint density at radius 2 is 2.00 bits per heavy atom. The van der Waals surface area contributed by atoms with Crippen molar-refractivity contribution in [3.8, 4) is 5.69 Å². The van der Waals surface area contributed by atoms with Crippen molar-refractivity contribution in [1.82, 2.24) is 9.78 Å². The molecule has 2 aromatic heterocycles. The topological polar surface area (TPSA) is 60.6 Å². The minimum Gasteiger partial charge on any atom is -0.376 e. The number of rotatable bonds is 6. The maximum atomic E-state index is 12.7. The highest BCUT2D eigenvalue weighted by Crippen LogP contribution is 2.21. The first-order valence-electron chi connectivity index (χ1n) is 9.27. The van der Waals surface area contributed by atoms with Crippen molar-refractivity contribution < 1.29 is 9.64 Å². The lowest BCUT2D eigenvalue weighted by Gasteiger charge is -2.31. The van der Waals surface area contributed by atoms with Gasteiger partial charge in [0, 0.05) is 0 Å². The third-order valence-corrected chi connectivity index (χ3v) is 6.28. The Balaban J connectivity index is 1.54. The fourth-order valence-electron chi connectivity index (χ4n) is 3.44. The van der Waals surface area contributed by atoms with Crippen LogP contribution in [-0.4, -0.2) is 42.6 Å². The van der Waals surface area contributed by atoms with E-state index in [0.29, 0.717) is 17.9 Å². The summed E-state index contributed by atoms with van der Waals surface area (Å²) in [7, 11) is 0. The van der Waals surface area contributed by atoms with Gasteiger partial charge in [-0.1, -0.05) is 35.9 Å². The molecule has 1 aliphatic heterocycles. The van der Waals surface area contributed by atoms with Crippen molar-refractivity contribution in [2.45, 2.75) is 6.04 Å². The summed E-state index contributed by atoms with van der Waals surface area (Å²) in [4.78, 5) is 15.5. The van der Waals surface area contributed by atoms with Gasteiger partial charge in [0.2, 0.25) is 0 Å². The number of nitrogens with zero attached hydrogens (tertiary/aromatic N) is 2. The van der Waals surface area contributed by atoms with Gasteiger partial charge in [-0.05, 0) is 23.6 Å². The van der Waals surface area contributed by atoms with E-state index >= 15 is 0 Å². The van der Waals surface area contributed by atoms with Gasteiger partial charge in [0.05, 0.1) is 42.2 Å². The first kappa shape index (κ1) is 19.1. The Hall–Kier alpha value is -2.19. The fourth-order valence-corrected chi connectivity index (χ4v) is 4.52. The van der Waals surface area contributed by atoms with Crippen LogP contribution in [0.4, 0.5) is 5.69 Å². The van der Waals surface area contributed by atoms with Crippen molar-refractivity contribution in [3.63, 3.8) is 0 Å². The van der Waals surface area contributed by atoms with Gasteiger partial charge in [-0.2, -0.15) is 9.78 Å². The number of quaternary nitrogens is 1. The number of aromatic nitrogens is 2. The molecule has 0 amide bonds. The van der Waals surface area contributed by atoms with Crippen LogP contribution in [0.2, 0.25) is 5.02 Å². The van der Waals surface area contributed by atoms with Crippen molar-refractivity contribution in [1.29, 1.82) is 0 Å². The van der Waals surface area contributed by atoms with Crippen LogP contribution < -0.4 is 15.8 Å². The second-order valence-electron chi connectivity index (χ2n) is 6.64. The Bertz CT molecular complexity index is 956. The van der Waals surface area contributed by atoms with Gasteiger partial charge in [0.25, 0.3) is 5.56 Å². The summed E-state index contributed by atoms with van der Waals surface area (Å²) in [5.41, 5.74) is 0.924. The number of thiophene rings is 1. The predicted molar refractivity (Wildman–Crippen MR) is 112 cm³/mol. The molecule has 28 heavy (non-hydrogen) atoms. The summed E-state index contributed by atoms with van der Waals surface area (Å²) in [5.74, 6) is 0. The summed E-state index contributed by atoms with van der Waals surface area (Å²) < 4.78 is 6.82. The maximum absolute atomic E-state index is 12.7. The van der Waals surface area contributed by atoms with E-state index in [1.807, 2.05) is 30.3 Å². The van der Waals surface area contributed by atoms with E-state index in [4.69, 9.17) is 16.3 Å². The molecule has 1 saturated heterocycles. The van der Waals surface area contributed by atoms with E-state index in [-0.39, 0.29) is 16.6 Å². The summed E-state index contributed by atoms with van der Waals surface area (Å²) >= 11 is 8.13. The smallest absolute Gasteiger partial charge is 0.292 e. The fraction of sp³-hybridized carbons (Fsp3) is 0.300. The second kappa shape index (κ2) is 8.87. The molecule has 0 unspecified atom stereocenters. The third-order valence-electron chi connectivity index (χ3n) is 4.93. The molecule has 0 saturated carbocycles. The van der Waals surface area contributed by atoms with E-state index in [1.54, 1.807) is 17.5 Å². The molecule has 1 aromatic carbocycles. The molecular weight excluding hydrogens is 396 g/mol. The molecular formula is C20H22ClN4O2S+. The van der Waals surface area contributed by atoms with Gasteiger partial charge in [-0.15, -0.1) is 11.3 Å². The number of anilines is 1. The van der Waals surface area contributed by atoms with Crippen LogP contribution in [0.15, 0.2) is 58.8 Å². The lowest BCUT2D eigenvalue weighted by atomic mass is 10.2. The van der Waals surface area contributed by atoms with Gasteiger partial charge < -0.3 is 15.0 Å². The first-order chi connectivity index (χ1) is 13.7. The largest absolute Gasteiger partial charge is 0.376 e. The molecule has 146 valence electrons. The molecule has 0 radical (unpaired) electrons. The van der Waals surface area contributed by atoms with Gasteiger partial charge in [-0.25, -0.2) is 0 Å². The van der Waals surface area contributed by atoms with Crippen molar-refractivity contribution in [3.05, 3.63) is 74.3 Å². The number of ether oxygens (including phenoxy) is 1. The van der Waals surface area contributed by atoms with E-state index < -0.39 is 0 Å². The zero-order valence-electron chi connectivity index (χ0n) is 15.3. The Morgan fingerprint density at radius 3 is 2.71 bits per heavy atom. The average Bonchev–Trinajstić information content (AvgIpc) is 3.27. The van der Waals surface area contributed by atoms with Gasteiger partial charge >= 0.3 is 0 Å². The maximum Gasteiger partial charge on any atom is 0.292 e. The highest BCUT2D eigenvalue weighted by atomic mass is 35.5. The molecule has 1 atom stereocenters. The monoisotopic (exact) mass is 417 g/mol. The standard InChI is InChI=1S/C20H21ClN4O2S/c21-19-16(13-23-25(20(19)26)15-5-2-1-3-6-15)22-14-17(18-7-4-12-28-18)24-8-10-27-11-9-24/h1-7,12-13,17,22H,8-11,14H2/p+1/t17-/m1/s1. The molecule has 3 heterocycles. The van der Waals surface area contributed by atoms with Gasteiger partial charge in [0.15, 0.2) is 0 Å². The molecule has 6 nitrogen and oxygen atoms in total. The van der Waals surface area contributed by atoms with Crippen LogP contribution in [0, 0.1) is 0 Å². The molecule has 1 fully saturated rings. The summed E-state index contributed by atoms with van der Waals surface area (Å²) in [6.07, 6.45) is 1.62. The van der Waals surface area contributed by atoms with E-state index in [1.165, 1.54) is 14.5 Å². The highest BCUT2D eigenvalue weighted by Gasteiger charge is 2.27. The van der Waals surface area contributed by atoms with E-state index in [2.05, 4.69) is 27.9 Å². The van der Waals surface area contributed by atoms with E-state index in [9.17, 15) is 4.79 Å². The normalized spacial score (nSPS) is 16.0. The van der Waals surface area contributed by atoms with Crippen LogP contribution in [0.25, 0.3) is 5.69 Å². The zero-order valence-corrected chi connectivity index (χ0v) is 16.9. The van der Waals surface area contributed by atoms with Crippen molar-refractivity contribution >= 4 is 28.6 Å². The Labute approximate surface area is 172 Å². The average molecular weight is 418 g/mol. The molecule has 8 heteroatoms. The number of benzene rings is 1. The van der Waals surface area contributed by atoms with Gasteiger partial charge in [-0.3, -0.25) is 4.79 Å². The molecule has 4 rings (SSSR count). The molecule has 0 spiro atoms. The molecule has 2 N–H and O–H groups in total. The summed E-state index contributed by atoms with van der Waals surface area (Å²) in [6.45, 7) is 4.14. The Kier molecular flexibility index (Phi) is 6.07. The molecule has 3 aromatic rings. The summed E-state index contributed by atoms with van der Waals surface area (Å²) in [6, 6.07) is 13.8. The lowest BCUT2D eigenvalue weighted by Crippen LogP contribution is -3.14. The van der Waals surface area contributed by atoms with Crippen LogP contribution in [-0.2, 0) is 4.74 Å². The number of nitrogens with one attached hydrogen (secondary N) is 2. The third kappa shape index (κ3) is 4.12. The van der Waals surface area contributed by atoms with Crippen LogP contribution in [0.3, 0.4) is 0 Å². The number of para-hydroxylation sites is 1. The Morgan fingerprint density at radius 1 is 1.21 bits per heavy atom. The van der Waals surface area contributed by atoms with Crippen molar-refractivity contribution in [2.24, 2.45) is 0 Å². The van der Waals surface area contributed by atoms with E-state index in [0.717, 1.165) is 26.3 Å². The highest BCUT2D eigenvalue weighted by molar-refractivity contribution is 7.10. The number of halogens is 1. The number of morpholine rings is 1. The minimum atomic E-state index is -0.329. The minimum absolute atomic E-state index is 0.153. The lowest BCUT2D eigenvalue weighted by molar-refractivity contribution is -0.936. The van der Waals surface area contributed by atoms with Crippen LogP contribution in [0.5, 0.6) is 0 Å². The van der Waals surface area contributed by atoms with Crippen LogP contribution in [0.1, 0.15) is 10.9 Å². The SMILES string of the molecule is O=c1c(Cl)c(NC[C@H](c2cccs2)[NH+]2CCOCC2)cnn1-c1ccccc1. The predicted octanol–water partition coefficient (Wildman–Crippen LogP) is 2.02. The van der Waals surface area contributed by atoms with Crippen molar-refractivity contribution in [2.75, 3.05) is 38.2 Å². The first-order valence-corrected chi connectivity index (χ1v) is 10.5. The zero-order chi connectivity index (χ0) is 19.3. The molecule has 0 aliphatic carbocycles. The summed E-state index contributed by atoms with van der Waals surface area (Å²) in [5, 5.41) is 9.90. The quantitative estimate of drug-likeness (QED) is 0.644. The van der Waals surface area contributed by atoms with Gasteiger partial charge in [0.1, 0.15) is 24.2 Å². The molecule has 1 aliphatic rings. The number of hydrogen-bond acceptors (Lipinski definition) is 5. The number of hydrogen-bond donors (Lipinski definition) is 2.